The Balaban J connectivity index is 2.66. The Labute approximate surface area is 79.5 Å². The maximum Gasteiger partial charge on any atom is 0.0582 e. The van der Waals surface area contributed by atoms with E-state index in [2.05, 4.69) is 37.8 Å². The summed E-state index contributed by atoms with van der Waals surface area (Å²) in [6.07, 6.45) is 3.83. The summed E-state index contributed by atoms with van der Waals surface area (Å²) in [5, 5.41) is 7.43. The Morgan fingerprint density at radius 1 is 1.69 bits per heavy atom. The van der Waals surface area contributed by atoms with Crippen LogP contribution in [0, 0.1) is 0 Å². The molecule has 0 fully saturated rings. The molecule has 0 aromatic carbocycles. The van der Waals surface area contributed by atoms with Gasteiger partial charge in [-0.05, 0) is 20.8 Å². The van der Waals surface area contributed by atoms with Gasteiger partial charge in [-0.1, -0.05) is 6.58 Å². The van der Waals surface area contributed by atoms with Gasteiger partial charge >= 0.3 is 0 Å². The van der Waals surface area contributed by atoms with Crippen molar-refractivity contribution in [2.45, 2.75) is 33.4 Å². The summed E-state index contributed by atoms with van der Waals surface area (Å²) >= 11 is 0. The number of nitrogens with one attached hydrogen (secondary N) is 1. The van der Waals surface area contributed by atoms with Crippen molar-refractivity contribution < 1.29 is 0 Å². The van der Waals surface area contributed by atoms with E-state index in [9.17, 15) is 0 Å². The van der Waals surface area contributed by atoms with Crippen molar-refractivity contribution in [1.29, 1.82) is 0 Å². The van der Waals surface area contributed by atoms with E-state index in [1.54, 1.807) is 0 Å². The van der Waals surface area contributed by atoms with Gasteiger partial charge in [0.25, 0.3) is 0 Å². The van der Waals surface area contributed by atoms with Gasteiger partial charge in [-0.3, -0.25) is 4.68 Å². The molecule has 1 aromatic rings. The third kappa shape index (κ3) is 2.61. The average Bonchev–Trinajstić information content (AvgIpc) is 2.50. The molecule has 0 bridgehead atoms. The van der Waals surface area contributed by atoms with Crippen LogP contribution in [0.3, 0.4) is 0 Å². The summed E-state index contributed by atoms with van der Waals surface area (Å²) in [6, 6.07) is 0.414. The fourth-order valence-corrected chi connectivity index (χ4v) is 1.12. The zero-order valence-corrected chi connectivity index (χ0v) is 8.54. The Hall–Kier alpha value is -1.25. The maximum absolute atomic E-state index is 4.18. The van der Waals surface area contributed by atoms with E-state index in [0.717, 1.165) is 17.8 Å². The van der Waals surface area contributed by atoms with E-state index < -0.39 is 0 Å². The van der Waals surface area contributed by atoms with Crippen LogP contribution in [0.15, 0.2) is 19.0 Å². The molecule has 1 N–H and O–H groups in total. The monoisotopic (exact) mass is 179 g/mol. The largest absolute Gasteiger partial charge is 0.383 e. The molecule has 0 aliphatic rings. The van der Waals surface area contributed by atoms with Gasteiger partial charge < -0.3 is 5.32 Å². The lowest BCUT2D eigenvalue weighted by Gasteiger charge is -2.10. The molecular weight excluding hydrogens is 162 g/mol. The highest BCUT2D eigenvalue weighted by molar-refractivity contribution is 5.60. The van der Waals surface area contributed by atoms with Gasteiger partial charge in [0, 0.05) is 30.0 Å². The smallest absolute Gasteiger partial charge is 0.0582 e. The van der Waals surface area contributed by atoms with Crippen molar-refractivity contribution in [3.8, 4) is 0 Å². The first-order chi connectivity index (χ1) is 6.13. The number of nitrogens with zero attached hydrogens (tertiary/aromatic N) is 2. The molecule has 0 spiro atoms. The summed E-state index contributed by atoms with van der Waals surface area (Å²) < 4.78 is 1.89. The second-order valence-electron chi connectivity index (χ2n) is 3.36. The Bertz CT molecular complexity index is 286. The molecule has 0 atom stereocenters. The van der Waals surface area contributed by atoms with E-state index >= 15 is 0 Å². The van der Waals surface area contributed by atoms with Gasteiger partial charge in [0.2, 0.25) is 0 Å². The average molecular weight is 179 g/mol. The summed E-state index contributed by atoms with van der Waals surface area (Å²) in [7, 11) is 0. The molecule has 3 nitrogen and oxygen atoms in total. The van der Waals surface area contributed by atoms with Crippen LogP contribution in [0.2, 0.25) is 0 Å². The first-order valence-corrected chi connectivity index (χ1v) is 4.61. The molecule has 0 radical (unpaired) electrons. The fraction of sp³-hybridized carbons (Fsp3) is 0.500. The second-order valence-corrected chi connectivity index (χ2v) is 3.36. The van der Waals surface area contributed by atoms with E-state index in [-0.39, 0.29) is 0 Å². The molecule has 3 heteroatoms. The van der Waals surface area contributed by atoms with E-state index in [1.165, 1.54) is 0 Å². The summed E-state index contributed by atoms with van der Waals surface area (Å²) in [5.74, 6) is 0. The van der Waals surface area contributed by atoms with Gasteiger partial charge in [-0.25, -0.2) is 0 Å². The van der Waals surface area contributed by atoms with Crippen molar-refractivity contribution in [1.82, 2.24) is 15.1 Å². The molecule has 1 heterocycles. The number of aromatic nitrogens is 2. The topological polar surface area (TPSA) is 29.9 Å². The minimum Gasteiger partial charge on any atom is -0.383 e. The number of hydrogen-bond donors (Lipinski definition) is 1. The first-order valence-electron chi connectivity index (χ1n) is 4.61. The van der Waals surface area contributed by atoms with Crippen LogP contribution in [0.25, 0.3) is 5.70 Å². The molecule has 1 rings (SSSR count). The van der Waals surface area contributed by atoms with Crippen LogP contribution in [0.1, 0.15) is 26.3 Å². The van der Waals surface area contributed by atoms with Gasteiger partial charge in [0.1, 0.15) is 0 Å². The molecule has 0 unspecified atom stereocenters. The lowest BCUT2D eigenvalue weighted by atomic mass is 10.2. The van der Waals surface area contributed by atoms with Crippen molar-refractivity contribution in [3.63, 3.8) is 0 Å². The summed E-state index contributed by atoms with van der Waals surface area (Å²) in [5.41, 5.74) is 2.00. The molecule has 0 aliphatic heterocycles. The quantitative estimate of drug-likeness (QED) is 0.764. The third-order valence-electron chi connectivity index (χ3n) is 1.77. The summed E-state index contributed by atoms with van der Waals surface area (Å²) in [6.45, 7) is 11.1. The number of rotatable bonds is 4. The predicted molar refractivity (Wildman–Crippen MR) is 55.2 cm³/mol. The summed E-state index contributed by atoms with van der Waals surface area (Å²) in [4.78, 5) is 0. The molecule has 0 saturated heterocycles. The minimum absolute atomic E-state index is 0.414. The normalized spacial score (nSPS) is 10.5. The second kappa shape index (κ2) is 4.12. The van der Waals surface area contributed by atoms with Gasteiger partial charge in [0.15, 0.2) is 0 Å². The molecule has 0 amide bonds. The first kappa shape index (κ1) is 9.84. The molecule has 0 saturated carbocycles. The van der Waals surface area contributed by atoms with Crippen molar-refractivity contribution in [2.24, 2.45) is 0 Å². The standard InChI is InChI=1S/C10H17N3/c1-5-13-7-10(6-11-13)9(4)12-8(2)3/h6-8,12H,4-5H2,1-3H3. The molecule has 1 aromatic heterocycles. The van der Waals surface area contributed by atoms with Crippen LogP contribution in [-0.2, 0) is 6.54 Å². The molecule has 0 aliphatic carbocycles. The number of aryl methyl sites for hydroxylation is 1. The Morgan fingerprint density at radius 2 is 2.38 bits per heavy atom. The zero-order valence-electron chi connectivity index (χ0n) is 8.54. The van der Waals surface area contributed by atoms with E-state index in [4.69, 9.17) is 0 Å². The van der Waals surface area contributed by atoms with Gasteiger partial charge in [-0.2, -0.15) is 5.10 Å². The Morgan fingerprint density at radius 3 is 2.85 bits per heavy atom. The highest BCUT2D eigenvalue weighted by atomic mass is 15.3. The lowest BCUT2D eigenvalue weighted by molar-refractivity contribution is 0.659. The Kier molecular flexibility index (Phi) is 3.12. The molecule has 72 valence electrons. The maximum atomic E-state index is 4.18. The van der Waals surface area contributed by atoms with Crippen LogP contribution >= 0.6 is 0 Å². The molecule has 13 heavy (non-hydrogen) atoms. The lowest BCUT2D eigenvalue weighted by Crippen LogP contribution is -2.19. The predicted octanol–water partition coefficient (Wildman–Crippen LogP) is 1.87. The van der Waals surface area contributed by atoms with Gasteiger partial charge in [0.05, 0.1) is 6.20 Å². The fourth-order valence-electron chi connectivity index (χ4n) is 1.12. The van der Waals surface area contributed by atoms with Crippen LogP contribution in [0.4, 0.5) is 0 Å². The van der Waals surface area contributed by atoms with Crippen molar-refractivity contribution in [2.75, 3.05) is 0 Å². The zero-order chi connectivity index (χ0) is 9.84. The van der Waals surface area contributed by atoms with E-state index in [1.807, 2.05) is 17.1 Å². The number of hydrogen-bond acceptors (Lipinski definition) is 2. The minimum atomic E-state index is 0.414. The highest BCUT2D eigenvalue weighted by Crippen LogP contribution is 2.08. The van der Waals surface area contributed by atoms with Crippen molar-refractivity contribution >= 4 is 5.70 Å². The van der Waals surface area contributed by atoms with Gasteiger partial charge in [-0.15, -0.1) is 0 Å². The SMILES string of the molecule is C=C(NC(C)C)c1cnn(CC)c1. The third-order valence-corrected chi connectivity index (χ3v) is 1.77. The highest BCUT2D eigenvalue weighted by Gasteiger charge is 2.02. The van der Waals surface area contributed by atoms with Crippen LogP contribution < -0.4 is 5.32 Å². The van der Waals surface area contributed by atoms with Crippen LogP contribution in [0.5, 0.6) is 0 Å². The van der Waals surface area contributed by atoms with E-state index in [0.29, 0.717) is 6.04 Å². The van der Waals surface area contributed by atoms with Crippen molar-refractivity contribution in [3.05, 3.63) is 24.5 Å². The van der Waals surface area contributed by atoms with Crippen LogP contribution in [-0.4, -0.2) is 15.8 Å². The molecular formula is C10H17N3.